The number of anilines is 1. The first-order chi connectivity index (χ1) is 14.6. The van der Waals surface area contributed by atoms with E-state index < -0.39 is 28.6 Å². The number of carboxylic acid groups (broad SMARTS) is 1. The van der Waals surface area contributed by atoms with Crippen LogP contribution in [0.4, 0.5) is 5.82 Å². The van der Waals surface area contributed by atoms with Gasteiger partial charge in [0, 0.05) is 23.0 Å². The molecule has 0 bridgehead atoms. The zero-order valence-electron chi connectivity index (χ0n) is 16.8. The summed E-state index contributed by atoms with van der Waals surface area (Å²) in [6, 6.07) is 12.2. The van der Waals surface area contributed by atoms with Gasteiger partial charge in [-0.05, 0) is 24.6 Å². The summed E-state index contributed by atoms with van der Waals surface area (Å²) in [5.74, 6) is -1.50. The second kappa shape index (κ2) is 10.1. The average molecular weight is 498 g/mol. The van der Waals surface area contributed by atoms with Gasteiger partial charge in [-0.3, -0.25) is 10.2 Å². The summed E-state index contributed by atoms with van der Waals surface area (Å²) in [5.41, 5.74) is 6.04. The largest absolute Gasteiger partial charge is 0.480 e. The third kappa shape index (κ3) is 5.28. The Morgan fingerprint density at radius 3 is 2.50 bits per heavy atom. The van der Waals surface area contributed by atoms with Gasteiger partial charge in [-0.2, -0.15) is 4.31 Å². The number of rotatable bonds is 7. The van der Waals surface area contributed by atoms with E-state index in [4.69, 9.17) is 22.7 Å². The standard InChI is InChI=1S/C20H20ClN5O4S.ClH/c1-12(13-5-3-2-4-6-13)26(11-18(27)28)31(29,30)14-7-8-15-16(9-14)19(25-20(22)23)24-10-17(15)21;/h2-10,12H,11H2,1H3,(H,27,28)(H4,22,23,24,25);1H/t12-;/m1./s1. The van der Waals surface area contributed by atoms with E-state index in [9.17, 15) is 18.3 Å². The smallest absolute Gasteiger partial charge is 0.318 e. The number of sulfonamides is 1. The summed E-state index contributed by atoms with van der Waals surface area (Å²) in [5, 5.41) is 20.5. The van der Waals surface area contributed by atoms with Gasteiger partial charge in [-0.25, -0.2) is 13.4 Å². The number of fused-ring (bicyclic) bond motifs is 1. The van der Waals surface area contributed by atoms with Crippen LogP contribution < -0.4 is 11.1 Å². The van der Waals surface area contributed by atoms with Gasteiger partial charge in [-0.15, -0.1) is 12.4 Å². The van der Waals surface area contributed by atoms with E-state index in [1.807, 2.05) is 0 Å². The Kier molecular flexibility index (Phi) is 8.02. The molecule has 1 aromatic heterocycles. The zero-order chi connectivity index (χ0) is 22.8. The van der Waals surface area contributed by atoms with Gasteiger partial charge in [0.25, 0.3) is 0 Å². The van der Waals surface area contributed by atoms with Crippen LogP contribution in [-0.2, 0) is 14.8 Å². The number of hydrogen-bond acceptors (Lipinski definition) is 5. The Bertz CT molecular complexity index is 1260. The Morgan fingerprint density at radius 2 is 1.91 bits per heavy atom. The molecule has 0 radical (unpaired) electrons. The molecule has 0 aliphatic carbocycles. The van der Waals surface area contributed by atoms with Crippen molar-refractivity contribution < 1.29 is 18.3 Å². The molecular formula is C20H21Cl2N5O4S. The third-order valence-corrected chi connectivity index (χ3v) is 6.89. The molecule has 1 heterocycles. The summed E-state index contributed by atoms with van der Waals surface area (Å²) < 4.78 is 27.9. The predicted octanol–water partition coefficient (Wildman–Crippen LogP) is 3.45. The monoisotopic (exact) mass is 497 g/mol. The minimum atomic E-state index is -4.22. The number of nitrogens with two attached hydrogens (primary N) is 1. The van der Waals surface area contributed by atoms with Gasteiger partial charge in [-0.1, -0.05) is 48.0 Å². The van der Waals surface area contributed by atoms with Crippen LogP contribution in [-0.4, -0.2) is 41.3 Å². The number of aliphatic carboxylic acids is 1. The fraction of sp³-hybridized carbons (Fsp3) is 0.150. The summed E-state index contributed by atoms with van der Waals surface area (Å²) in [6.07, 6.45) is 1.36. The molecule has 170 valence electrons. The Balaban J connectivity index is 0.00000363. The maximum atomic E-state index is 13.5. The van der Waals surface area contributed by atoms with Crippen molar-refractivity contribution in [3.8, 4) is 0 Å². The van der Waals surface area contributed by atoms with Crippen LogP contribution in [0.15, 0.2) is 59.6 Å². The molecule has 0 saturated heterocycles. The van der Waals surface area contributed by atoms with Gasteiger partial charge in [0.05, 0.1) is 9.92 Å². The summed E-state index contributed by atoms with van der Waals surface area (Å²) in [7, 11) is -4.22. The van der Waals surface area contributed by atoms with Gasteiger partial charge >= 0.3 is 5.97 Å². The minimum absolute atomic E-state index is 0. The lowest BCUT2D eigenvalue weighted by Crippen LogP contribution is -2.37. The first kappa shape index (κ1) is 25.3. The molecule has 0 amide bonds. The molecule has 32 heavy (non-hydrogen) atoms. The number of pyridine rings is 1. The number of nitrogens with one attached hydrogen (secondary N) is 2. The SMILES string of the molecule is C[C@H](c1ccccc1)N(CC(=O)O)S(=O)(=O)c1ccc2c(Cl)cnc(NC(=N)N)c2c1.Cl. The molecule has 5 N–H and O–H groups in total. The predicted molar refractivity (Wildman–Crippen MR) is 126 cm³/mol. The maximum Gasteiger partial charge on any atom is 0.318 e. The summed E-state index contributed by atoms with van der Waals surface area (Å²) >= 11 is 6.18. The van der Waals surface area contributed by atoms with Crippen molar-refractivity contribution in [3.63, 3.8) is 0 Å². The molecule has 0 aliphatic heterocycles. The fourth-order valence-electron chi connectivity index (χ4n) is 3.17. The van der Waals surface area contributed by atoms with Crippen molar-refractivity contribution in [2.24, 2.45) is 5.73 Å². The highest BCUT2D eigenvalue weighted by molar-refractivity contribution is 7.89. The van der Waals surface area contributed by atoms with E-state index in [-0.39, 0.29) is 34.1 Å². The normalized spacial score (nSPS) is 12.2. The molecule has 9 nitrogen and oxygen atoms in total. The van der Waals surface area contributed by atoms with Crippen molar-refractivity contribution in [1.82, 2.24) is 9.29 Å². The molecule has 12 heteroatoms. The molecule has 3 aromatic rings. The van der Waals surface area contributed by atoms with Crippen LogP contribution >= 0.6 is 24.0 Å². The summed E-state index contributed by atoms with van der Waals surface area (Å²) in [6.45, 7) is 0.904. The average Bonchev–Trinajstić information content (AvgIpc) is 2.73. The minimum Gasteiger partial charge on any atom is -0.480 e. The van der Waals surface area contributed by atoms with Crippen molar-refractivity contribution in [2.75, 3.05) is 11.9 Å². The van der Waals surface area contributed by atoms with Crippen LogP contribution in [0.1, 0.15) is 18.5 Å². The molecule has 0 aliphatic rings. The number of aromatic nitrogens is 1. The topological polar surface area (TPSA) is 149 Å². The van der Waals surface area contributed by atoms with E-state index in [0.29, 0.717) is 16.3 Å². The second-order valence-electron chi connectivity index (χ2n) is 6.73. The second-order valence-corrected chi connectivity index (χ2v) is 9.03. The van der Waals surface area contributed by atoms with Gasteiger partial charge < -0.3 is 16.2 Å². The first-order valence-corrected chi connectivity index (χ1v) is 10.9. The van der Waals surface area contributed by atoms with Crippen LogP contribution in [0, 0.1) is 5.41 Å². The number of guanidine groups is 1. The molecule has 0 unspecified atom stereocenters. The zero-order valence-corrected chi connectivity index (χ0v) is 19.2. The molecule has 0 saturated carbocycles. The van der Waals surface area contributed by atoms with Crippen LogP contribution in [0.5, 0.6) is 0 Å². The number of halogens is 2. The number of carbonyl (C=O) groups is 1. The lowest BCUT2D eigenvalue weighted by molar-refractivity contribution is -0.137. The number of carboxylic acids is 1. The van der Waals surface area contributed by atoms with E-state index in [2.05, 4.69) is 10.3 Å². The highest BCUT2D eigenvalue weighted by Gasteiger charge is 2.32. The Labute approximate surface area is 196 Å². The molecule has 3 rings (SSSR count). The maximum absolute atomic E-state index is 13.5. The number of hydrogen-bond donors (Lipinski definition) is 4. The van der Waals surface area contributed by atoms with Crippen molar-refractivity contribution in [1.29, 1.82) is 5.41 Å². The summed E-state index contributed by atoms with van der Waals surface area (Å²) in [4.78, 5) is 15.4. The third-order valence-electron chi connectivity index (χ3n) is 4.68. The highest BCUT2D eigenvalue weighted by atomic mass is 35.5. The Morgan fingerprint density at radius 1 is 1.25 bits per heavy atom. The first-order valence-electron chi connectivity index (χ1n) is 9.09. The van der Waals surface area contributed by atoms with Crippen molar-refractivity contribution >= 4 is 62.6 Å². The van der Waals surface area contributed by atoms with Crippen LogP contribution in [0.2, 0.25) is 5.02 Å². The van der Waals surface area contributed by atoms with Gasteiger partial charge in [0.15, 0.2) is 5.96 Å². The lowest BCUT2D eigenvalue weighted by atomic mass is 10.1. The van der Waals surface area contributed by atoms with Crippen LogP contribution in [0.3, 0.4) is 0 Å². The Hall–Kier alpha value is -2.92. The fourth-order valence-corrected chi connectivity index (χ4v) is 4.98. The molecule has 2 aromatic carbocycles. The lowest BCUT2D eigenvalue weighted by Gasteiger charge is -2.27. The van der Waals surface area contributed by atoms with Crippen LogP contribution in [0.25, 0.3) is 10.8 Å². The highest BCUT2D eigenvalue weighted by Crippen LogP contribution is 2.33. The van der Waals surface area contributed by atoms with Crippen molar-refractivity contribution in [3.05, 3.63) is 65.3 Å². The molecule has 1 atom stereocenters. The van der Waals surface area contributed by atoms with E-state index in [1.165, 1.54) is 24.4 Å². The molecule has 0 fully saturated rings. The van der Waals surface area contributed by atoms with E-state index in [1.54, 1.807) is 37.3 Å². The number of benzene rings is 2. The van der Waals surface area contributed by atoms with Gasteiger partial charge in [0.2, 0.25) is 10.0 Å². The van der Waals surface area contributed by atoms with Gasteiger partial charge in [0.1, 0.15) is 12.4 Å². The molecule has 0 spiro atoms. The van der Waals surface area contributed by atoms with Crippen molar-refractivity contribution in [2.45, 2.75) is 17.9 Å². The number of nitrogens with zero attached hydrogens (tertiary/aromatic N) is 2. The van der Waals surface area contributed by atoms with E-state index >= 15 is 0 Å². The quantitative estimate of drug-likeness (QED) is 0.288. The van der Waals surface area contributed by atoms with E-state index in [0.717, 1.165) is 4.31 Å². The molecular weight excluding hydrogens is 477 g/mol.